The molecule has 266 valence electrons. The van der Waals surface area contributed by atoms with Gasteiger partial charge in [-0.1, -0.05) is 112 Å². The normalized spacial score (nSPS) is 35.5. The highest BCUT2D eigenvalue weighted by Crippen LogP contribution is 2.68. The number of allylic oxidation sites excluding steroid dienone is 2. The number of esters is 1. The summed E-state index contributed by atoms with van der Waals surface area (Å²) in [6, 6.07) is 0. The van der Waals surface area contributed by atoms with Crippen LogP contribution in [0.1, 0.15) is 196 Å². The van der Waals surface area contributed by atoms with Crippen LogP contribution in [0.25, 0.3) is 0 Å². The minimum atomic E-state index is 0.0793. The van der Waals surface area contributed by atoms with Gasteiger partial charge in [-0.3, -0.25) is 4.79 Å². The third kappa shape index (κ3) is 9.67. The van der Waals surface area contributed by atoms with Gasteiger partial charge in [0.1, 0.15) is 6.10 Å². The zero-order chi connectivity index (χ0) is 33.2. The topological polar surface area (TPSA) is 26.3 Å². The van der Waals surface area contributed by atoms with E-state index in [1.807, 2.05) is 0 Å². The smallest absolute Gasteiger partial charge is 0.306 e. The monoisotopic (exact) mass is 639 g/mol. The fraction of sp³-hybridized carbons (Fsp3) is 0.932. The lowest BCUT2D eigenvalue weighted by atomic mass is 9.44. The van der Waals surface area contributed by atoms with Gasteiger partial charge in [0.05, 0.1) is 0 Å². The minimum absolute atomic E-state index is 0.0793. The van der Waals surface area contributed by atoms with E-state index in [1.54, 1.807) is 0 Å². The molecular formula is C44H78O2. The van der Waals surface area contributed by atoms with Crippen molar-refractivity contribution in [3.63, 3.8) is 0 Å². The van der Waals surface area contributed by atoms with Crippen LogP contribution in [-0.2, 0) is 9.53 Å². The number of carbonyl (C=O) groups excluding carboxylic acids is 1. The van der Waals surface area contributed by atoms with Gasteiger partial charge < -0.3 is 4.74 Å². The highest BCUT2D eigenvalue weighted by Gasteiger charge is 2.60. The van der Waals surface area contributed by atoms with Crippen molar-refractivity contribution < 1.29 is 9.53 Å². The van der Waals surface area contributed by atoms with Crippen LogP contribution in [0.2, 0.25) is 0 Å². The van der Waals surface area contributed by atoms with E-state index in [-0.39, 0.29) is 12.1 Å². The van der Waals surface area contributed by atoms with E-state index in [1.165, 1.54) is 122 Å². The van der Waals surface area contributed by atoms with Gasteiger partial charge in [0, 0.05) is 6.42 Å². The SMILES string of the molecule is CCCCCCC=CCCCCCCCC(=O)OC1CC[C@@]2(C)C(CC[C@H]3[C@@H]4CC[C@H]([C@H](C)CC[C@H](C)C(C)C)[C@@]4(C)CC[C@@H]32)C1. The molecule has 2 nitrogen and oxygen atoms in total. The molecule has 10 atom stereocenters. The highest BCUT2D eigenvalue weighted by atomic mass is 16.5. The Morgan fingerprint density at radius 1 is 0.739 bits per heavy atom. The first-order valence-corrected chi connectivity index (χ1v) is 20.9. The van der Waals surface area contributed by atoms with Gasteiger partial charge in [0.15, 0.2) is 0 Å². The molecule has 0 amide bonds. The van der Waals surface area contributed by atoms with Gasteiger partial charge in [-0.15, -0.1) is 0 Å². The Balaban J connectivity index is 1.14. The molecule has 4 fully saturated rings. The van der Waals surface area contributed by atoms with E-state index in [0.717, 1.165) is 66.6 Å². The Labute approximate surface area is 287 Å². The average Bonchev–Trinajstić information content (AvgIpc) is 3.39. The Morgan fingerprint density at radius 2 is 1.39 bits per heavy atom. The number of fused-ring (bicyclic) bond motifs is 5. The summed E-state index contributed by atoms with van der Waals surface area (Å²) in [5, 5.41) is 0. The van der Waals surface area contributed by atoms with Crippen molar-refractivity contribution in [2.24, 2.45) is 58.2 Å². The molecule has 0 bridgehead atoms. The van der Waals surface area contributed by atoms with Crippen LogP contribution in [0.15, 0.2) is 12.2 Å². The molecular weight excluding hydrogens is 560 g/mol. The Morgan fingerprint density at radius 3 is 2.11 bits per heavy atom. The van der Waals surface area contributed by atoms with Gasteiger partial charge in [0.2, 0.25) is 0 Å². The summed E-state index contributed by atoms with van der Waals surface area (Å²) in [7, 11) is 0. The maximum atomic E-state index is 12.8. The molecule has 4 saturated carbocycles. The maximum Gasteiger partial charge on any atom is 0.306 e. The second-order valence-electron chi connectivity index (χ2n) is 18.2. The van der Waals surface area contributed by atoms with E-state index in [9.17, 15) is 4.79 Å². The molecule has 46 heavy (non-hydrogen) atoms. The third-order valence-electron chi connectivity index (χ3n) is 15.0. The number of hydrogen-bond acceptors (Lipinski definition) is 2. The maximum absolute atomic E-state index is 12.8. The van der Waals surface area contributed by atoms with Crippen LogP contribution in [0, 0.1) is 58.2 Å². The lowest BCUT2D eigenvalue weighted by Crippen LogP contribution is -2.54. The van der Waals surface area contributed by atoms with Crippen molar-refractivity contribution in [3.8, 4) is 0 Å². The second kappa shape index (κ2) is 18.3. The van der Waals surface area contributed by atoms with E-state index in [0.29, 0.717) is 17.3 Å². The highest BCUT2D eigenvalue weighted by molar-refractivity contribution is 5.69. The first-order chi connectivity index (χ1) is 22.1. The average molecular weight is 639 g/mol. The lowest BCUT2D eigenvalue weighted by molar-refractivity contribution is -0.162. The first kappa shape index (κ1) is 38.0. The van der Waals surface area contributed by atoms with Crippen LogP contribution in [0.5, 0.6) is 0 Å². The standard InChI is InChI=1S/C44H78O2/c1-8-9-10-11-12-13-14-15-16-17-18-19-20-21-42(45)46-37-28-30-43(6)36(32-37)24-25-38-40-27-26-39(44(40,7)31-29-41(38)43)35(5)23-22-34(4)33(2)3/h13-14,33-41H,8-12,15-32H2,1-7H3/t34-,35+,36?,37?,38-,39+,40-,41-,43-,44+/m0/s1. The van der Waals surface area contributed by atoms with Crippen molar-refractivity contribution in [1.29, 1.82) is 0 Å². The zero-order valence-corrected chi connectivity index (χ0v) is 31.9. The molecule has 2 heteroatoms. The Hall–Kier alpha value is -0.790. The number of rotatable bonds is 19. The molecule has 4 aliphatic carbocycles. The molecule has 0 N–H and O–H groups in total. The molecule has 0 saturated heterocycles. The van der Waals surface area contributed by atoms with Crippen LogP contribution in [-0.4, -0.2) is 12.1 Å². The lowest BCUT2D eigenvalue weighted by Gasteiger charge is -2.61. The van der Waals surface area contributed by atoms with Crippen molar-refractivity contribution in [2.75, 3.05) is 0 Å². The molecule has 0 spiro atoms. The molecule has 0 heterocycles. The van der Waals surface area contributed by atoms with E-state index in [2.05, 4.69) is 60.6 Å². The minimum Gasteiger partial charge on any atom is -0.462 e. The molecule has 0 aromatic rings. The summed E-state index contributed by atoms with van der Waals surface area (Å²) in [5.74, 6) is 7.10. The third-order valence-corrected chi connectivity index (χ3v) is 15.0. The number of carbonyl (C=O) groups is 1. The van der Waals surface area contributed by atoms with Crippen LogP contribution >= 0.6 is 0 Å². The molecule has 0 aromatic carbocycles. The van der Waals surface area contributed by atoms with Crippen LogP contribution < -0.4 is 0 Å². The molecule has 0 radical (unpaired) electrons. The number of ether oxygens (including phenoxy) is 1. The Bertz CT molecular complexity index is 921. The van der Waals surface area contributed by atoms with Crippen molar-refractivity contribution in [2.45, 2.75) is 202 Å². The first-order valence-electron chi connectivity index (χ1n) is 20.9. The summed E-state index contributed by atoms with van der Waals surface area (Å²) in [4.78, 5) is 12.8. The van der Waals surface area contributed by atoms with E-state index >= 15 is 0 Å². The fourth-order valence-electron chi connectivity index (χ4n) is 11.6. The molecule has 0 aromatic heterocycles. The van der Waals surface area contributed by atoms with E-state index in [4.69, 9.17) is 4.74 Å². The zero-order valence-electron chi connectivity index (χ0n) is 31.9. The number of unbranched alkanes of at least 4 members (excludes halogenated alkanes) is 9. The predicted octanol–water partition coefficient (Wildman–Crippen LogP) is 13.5. The fourth-order valence-corrected chi connectivity index (χ4v) is 11.6. The summed E-state index contributed by atoms with van der Waals surface area (Å²) in [6.45, 7) is 17.5. The van der Waals surface area contributed by atoms with Gasteiger partial charge in [0.25, 0.3) is 0 Å². The van der Waals surface area contributed by atoms with Crippen molar-refractivity contribution in [1.82, 2.24) is 0 Å². The van der Waals surface area contributed by atoms with Crippen molar-refractivity contribution >= 4 is 5.97 Å². The van der Waals surface area contributed by atoms with E-state index < -0.39 is 0 Å². The predicted molar refractivity (Wildman–Crippen MR) is 198 cm³/mol. The largest absolute Gasteiger partial charge is 0.462 e. The molecule has 4 aliphatic rings. The van der Waals surface area contributed by atoms with Gasteiger partial charge in [-0.25, -0.2) is 0 Å². The van der Waals surface area contributed by atoms with Gasteiger partial charge in [-0.05, 0) is 148 Å². The van der Waals surface area contributed by atoms with Gasteiger partial charge in [-0.2, -0.15) is 0 Å². The van der Waals surface area contributed by atoms with Gasteiger partial charge >= 0.3 is 5.97 Å². The quantitative estimate of drug-likeness (QED) is 0.0799. The van der Waals surface area contributed by atoms with Crippen LogP contribution in [0.3, 0.4) is 0 Å². The molecule has 0 aliphatic heterocycles. The summed E-state index contributed by atoms with van der Waals surface area (Å²) >= 11 is 0. The van der Waals surface area contributed by atoms with Crippen LogP contribution in [0.4, 0.5) is 0 Å². The molecule has 2 unspecified atom stereocenters. The summed E-state index contributed by atoms with van der Waals surface area (Å²) < 4.78 is 6.16. The van der Waals surface area contributed by atoms with Crippen molar-refractivity contribution in [3.05, 3.63) is 12.2 Å². The number of hydrogen-bond donors (Lipinski definition) is 0. The second-order valence-corrected chi connectivity index (χ2v) is 18.2. The molecule has 4 rings (SSSR count). The summed E-state index contributed by atoms with van der Waals surface area (Å²) in [6.07, 6.45) is 34.5. The summed E-state index contributed by atoms with van der Waals surface area (Å²) in [5.41, 5.74) is 1.04. The Kier molecular flexibility index (Phi) is 15.1.